The van der Waals surface area contributed by atoms with Crippen LogP contribution in [-0.4, -0.2) is 59.2 Å². The van der Waals surface area contributed by atoms with Crippen molar-refractivity contribution < 1.29 is 19.1 Å². The number of primary amides is 1. The minimum atomic E-state index is -0.507. The first kappa shape index (κ1) is 30.3. The molecular formula is C33H42N6O4. The van der Waals surface area contributed by atoms with E-state index in [1.165, 1.54) is 0 Å². The molecular weight excluding hydrogens is 544 g/mol. The number of rotatable bonds is 8. The van der Waals surface area contributed by atoms with E-state index in [-0.39, 0.29) is 23.9 Å². The maximum Gasteiger partial charge on any atom is 0.407 e. The third kappa shape index (κ3) is 7.60. The van der Waals surface area contributed by atoms with E-state index in [0.29, 0.717) is 42.0 Å². The number of hydrogen-bond donors (Lipinski definition) is 3. The Morgan fingerprint density at radius 1 is 0.977 bits per heavy atom. The van der Waals surface area contributed by atoms with Gasteiger partial charge in [0, 0.05) is 36.8 Å². The molecule has 1 aromatic carbocycles. The zero-order valence-corrected chi connectivity index (χ0v) is 25.3. The van der Waals surface area contributed by atoms with Gasteiger partial charge in [-0.2, -0.15) is 0 Å². The van der Waals surface area contributed by atoms with Crippen molar-refractivity contribution in [2.45, 2.75) is 70.9 Å². The van der Waals surface area contributed by atoms with Crippen LogP contribution in [0.3, 0.4) is 0 Å². The normalized spacial score (nSPS) is 20.5. The summed E-state index contributed by atoms with van der Waals surface area (Å²) in [6.45, 7) is 7.52. The Kier molecular flexibility index (Phi) is 9.13. The van der Waals surface area contributed by atoms with Crippen LogP contribution in [0, 0.1) is 11.8 Å². The number of hydrogen-bond acceptors (Lipinski definition) is 7. The second-order valence-corrected chi connectivity index (χ2v) is 12.7. The molecule has 1 atom stereocenters. The van der Waals surface area contributed by atoms with E-state index < -0.39 is 5.60 Å². The molecule has 3 amide bonds. The Morgan fingerprint density at radius 2 is 1.67 bits per heavy atom. The Morgan fingerprint density at radius 3 is 2.33 bits per heavy atom. The molecule has 1 saturated heterocycles. The van der Waals surface area contributed by atoms with Crippen LogP contribution in [0.5, 0.6) is 0 Å². The van der Waals surface area contributed by atoms with Crippen molar-refractivity contribution in [2.75, 3.05) is 24.5 Å². The van der Waals surface area contributed by atoms with Gasteiger partial charge in [0.2, 0.25) is 5.91 Å². The summed E-state index contributed by atoms with van der Waals surface area (Å²) in [5.41, 5.74) is 7.84. The third-order valence-corrected chi connectivity index (χ3v) is 8.33. The monoisotopic (exact) mass is 586 g/mol. The van der Waals surface area contributed by atoms with E-state index in [1.54, 1.807) is 6.20 Å². The molecule has 43 heavy (non-hydrogen) atoms. The summed E-state index contributed by atoms with van der Waals surface area (Å²) in [6, 6.07) is 12.9. The number of aromatic nitrogens is 2. The highest BCUT2D eigenvalue weighted by molar-refractivity contribution is 6.07. The van der Waals surface area contributed by atoms with Crippen molar-refractivity contribution in [1.82, 2.24) is 20.6 Å². The number of ether oxygens (including phenoxy) is 1. The standard InChI is InChI=1S/C33H42N6O4/c1-33(2,3)43-32(42)37-19-22-12-10-21(11-13-22)18-36-31(41)25-17-27(38-26-8-5-4-7-24(25)26)23-14-15-29(35-20-23)39-16-6-9-28(39)30(34)40/h4-5,7-8,14-15,17,20-22,28H,6,9-13,16,18-19H2,1-3H3,(H2,34,40)(H,36,41)(H,37,42). The lowest BCUT2D eigenvalue weighted by molar-refractivity contribution is -0.119. The van der Waals surface area contributed by atoms with Gasteiger partial charge in [-0.05, 0) is 95.4 Å². The Bertz CT molecular complexity index is 1460. The first-order chi connectivity index (χ1) is 20.6. The van der Waals surface area contributed by atoms with Gasteiger partial charge in [0.1, 0.15) is 17.5 Å². The van der Waals surface area contributed by atoms with Crippen LogP contribution in [0.15, 0.2) is 48.7 Å². The van der Waals surface area contributed by atoms with E-state index in [9.17, 15) is 14.4 Å². The number of carbonyl (C=O) groups is 3. The number of para-hydroxylation sites is 1. The van der Waals surface area contributed by atoms with E-state index in [2.05, 4.69) is 15.6 Å². The topological polar surface area (TPSA) is 140 Å². The molecule has 1 unspecified atom stereocenters. The summed E-state index contributed by atoms with van der Waals surface area (Å²) < 4.78 is 5.34. The molecule has 1 aliphatic heterocycles. The summed E-state index contributed by atoms with van der Waals surface area (Å²) in [5.74, 6) is 1.05. The minimum absolute atomic E-state index is 0.125. The van der Waals surface area contributed by atoms with Gasteiger partial charge in [-0.25, -0.2) is 14.8 Å². The van der Waals surface area contributed by atoms with Crippen molar-refractivity contribution in [2.24, 2.45) is 17.6 Å². The first-order valence-corrected chi connectivity index (χ1v) is 15.2. The molecule has 0 radical (unpaired) electrons. The van der Waals surface area contributed by atoms with Crippen LogP contribution in [0.2, 0.25) is 0 Å². The smallest absolute Gasteiger partial charge is 0.407 e. The van der Waals surface area contributed by atoms with Crippen molar-refractivity contribution in [3.63, 3.8) is 0 Å². The van der Waals surface area contributed by atoms with Gasteiger partial charge >= 0.3 is 6.09 Å². The van der Waals surface area contributed by atoms with Crippen LogP contribution in [0.4, 0.5) is 10.6 Å². The predicted octanol–water partition coefficient (Wildman–Crippen LogP) is 4.81. The van der Waals surface area contributed by atoms with Crippen molar-refractivity contribution in [3.05, 3.63) is 54.2 Å². The predicted molar refractivity (Wildman–Crippen MR) is 167 cm³/mol. The summed E-state index contributed by atoms with van der Waals surface area (Å²) in [7, 11) is 0. The zero-order chi connectivity index (χ0) is 30.6. The lowest BCUT2D eigenvalue weighted by Gasteiger charge is -2.29. The van der Waals surface area contributed by atoms with E-state index >= 15 is 0 Å². The lowest BCUT2D eigenvalue weighted by Crippen LogP contribution is -2.40. The number of amides is 3. The maximum absolute atomic E-state index is 13.5. The van der Waals surface area contributed by atoms with Crippen LogP contribution in [0.1, 0.15) is 69.7 Å². The van der Waals surface area contributed by atoms with Crippen molar-refractivity contribution in [1.29, 1.82) is 0 Å². The molecule has 3 heterocycles. The summed E-state index contributed by atoms with van der Waals surface area (Å²) >= 11 is 0. The molecule has 228 valence electrons. The van der Waals surface area contributed by atoms with Gasteiger partial charge in [0.05, 0.1) is 16.8 Å². The molecule has 10 heteroatoms. The van der Waals surface area contributed by atoms with Gasteiger partial charge in [0.25, 0.3) is 5.91 Å². The number of pyridine rings is 2. The fourth-order valence-electron chi connectivity index (χ4n) is 6.07. The third-order valence-electron chi connectivity index (χ3n) is 8.33. The second kappa shape index (κ2) is 13.0. The average molecular weight is 587 g/mol. The zero-order valence-electron chi connectivity index (χ0n) is 25.3. The van der Waals surface area contributed by atoms with Crippen LogP contribution < -0.4 is 21.3 Å². The fraction of sp³-hybridized carbons (Fsp3) is 0.485. The fourth-order valence-corrected chi connectivity index (χ4v) is 6.07. The van der Waals surface area contributed by atoms with Gasteiger partial charge in [-0.1, -0.05) is 18.2 Å². The molecule has 1 aliphatic carbocycles. The molecule has 5 rings (SSSR count). The summed E-state index contributed by atoms with van der Waals surface area (Å²) in [4.78, 5) is 48.7. The maximum atomic E-state index is 13.5. The molecule has 4 N–H and O–H groups in total. The quantitative estimate of drug-likeness (QED) is 0.344. The highest BCUT2D eigenvalue weighted by Gasteiger charge is 2.30. The molecule has 0 spiro atoms. The lowest BCUT2D eigenvalue weighted by atomic mass is 9.82. The number of fused-ring (bicyclic) bond motifs is 1. The van der Waals surface area contributed by atoms with Gasteiger partial charge in [-0.15, -0.1) is 0 Å². The highest BCUT2D eigenvalue weighted by Crippen LogP contribution is 2.30. The van der Waals surface area contributed by atoms with E-state index in [4.69, 9.17) is 15.5 Å². The van der Waals surface area contributed by atoms with Crippen LogP contribution in [0.25, 0.3) is 22.2 Å². The van der Waals surface area contributed by atoms with E-state index in [0.717, 1.165) is 61.5 Å². The summed E-state index contributed by atoms with van der Waals surface area (Å²) in [5, 5.41) is 6.86. The average Bonchev–Trinajstić information content (AvgIpc) is 3.49. The molecule has 0 bridgehead atoms. The molecule has 1 saturated carbocycles. The molecule has 3 aromatic rings. The van der Waals surface area contributed by atoms with Crippen molar-refractivity contribution >= 4 is 34.6 Å². The number of anilines is 1. The number of alkyl carbamates (subject to hydrolysis) is 1. The Labute approximate surface area is 252 Å². The number of nitrogens with zero attached hydrogens (tertiary/aromatic N) is 3. The minimum Gasteiger partial charge on any atom is -0.444 e. The highest BCUT2D eigenvalue weighted by atomic mass is 16.6. The first-order valence-electron chi connectivity index (χ1n) is 15.2. The molecule has 2 aliphatic rings. The number of nitrogens with one attached hydrogen (secondary N) is 2. The number of nitrogens with two attached hydrogens (primary N) is 1. The SMILES string of the molecule is CC(C)(C)OC(=O)NCC1CCC(CNC(=O)c2cc(-c3ccc(N4CCCC4C(N)=O)nc3)nc3ccccc23)CC1. The number of benzene rings is 1. The van der Waals surface area contributed by atoms with Crippen LogP contribution in [-0.2, 0) is 9.53 Å². The Hall–Kier alpha value is -4.21. The summed E-state index contributed by atoms with van der Waals surface area (Å²) in [6.07, 6.45) is 6.98. The van der Waals surface area contributed by atoms with Gasteiger partial charge in [-0.3, -0.25) is 9.59 Å². The van der Waals surface area contributed by atoms with Gasteiger partial charge in [0.15, 0.2) is 0 Å². The Balaban J connectivity index is 1.21. The molecule has 10 nitrogen and oxygen atoms in total. The number of carbonyl (C=O) groups excluding carboxylic acids is 3. The van der Waals surface area contributed by atoms with Gasteiger partial charge < -0.3 is 26.0 Å². The van der Waals surface area contributed by atoms with Crippen LogP contribution >= 0.6 is 0 Å². The second-order valence-electron chi connectivity index (χ2n) is 12.7. The largest absolute Gasteiger partial charge is 0.444 e. The molecule has 2 fully saturated rings. The molecule has 2 aromatic heterocycles. The van der Waals surface area contributed by atoms with E-state index in [1.807, 2.05) is 68.1 Å². The van der Waals surface area contributed by atoms with Crippen molar-refractivity contribution in [3.8, 4) is 11.3 Å².